The molecule has 0 saturated carbocycles. The molecule has 91 valence electrons. The van der Waals surface area contributed by atoms with Crippen LogP contribution in [-0.2, 0) is 0 Å². The number of carboxylic acids is 1. The van der Waals surface area contributed by atoms with E-state index in [4.69, 9.17) is 5.11 Å². The van der Waals surface area contributed by atoms with Crippen molar-refractivity contribution < 1.29 is 9.90 Å². The summed E-state index contributed by atoms with van der Waals surface area (Å²) in [5.74, 6) is 0.340. The number of benzene rings is 2. The monoisotopic (exact) mass is 239 g/mol. The van der Waals surface area contributed by atoms with Gasteiger partial charge < -0.3 is 5.11 Å². The summed E-state index contributed by atoms with van der Waals surface area (Å²) in [5, 5.41) is 8.88. The first-order valence-corrected chi connectivity index (χ1v) is 5.97. The van der Waals surface area contributed by atoms with E-state index in [1.165, 1.54) is 11.5 Å². The molecule has 0 fully saturated rings. The number of hydrogen-bond acceptors (Lipinski definition) is 1. The third kappa shape index (κ3) is 2.59. The molecule has 18 heavy (non-hydrogen) atoms. The molecule has 2 rings (SSSR count). The Morgan fingerprint density at radius 1 is 0.889 bits per heavy atom. The molecular formula is C16H15O2. The minimum atomic E-state index is -0.890. The topological polar surface area (TPSA) is 37.3 Å². The number of carbonyl (C=O) groups is 1. The smallest absolute Gasteiger partial charge is 0.335 e. The molecule has 0 aliphatic rings. The minimum Gasteiger partial charge on any atom is -0.478 e. The zero-order chi connectivity index (χ0) is 13.0. The van der Waals surface area contributed by atoms with E-state index in [-0.39, 0.29) is 0 Å². The van der Waals surface area contributed by atoms with Crippen molar-refractivity contribution in [2.24, 2.45) is 0 Å². The van der Waals surface area contributed by atoms with Gasteiger partial charge in [-0.3, -0.25) is 0 Å². The Balaban J connectivity index is 2.31. The molecule has 2 nitrogen and oxygen atoms in total. The highest BCUT2D eigenvalue weighted by Gasteiger charge is 2.13. The Morgan fingerprint density at radius 2 is 1.39 bits per heavy atom. The van der Waals surface area contributed by atoms with Crippen molar-refractivity contribution >= 4 is 5.97 Å². The molecule has 0 amide bonds. The molecule has 1 radical (unpaired) electrons. The lowest BCUT2D eigenvalue weighted by Crippen LogP contribution is -2.02. The van der Waals surface area contributed by atoms with Crippen LogP contribution in [0.25, 0.3) is 0 Å². The van der Waals surface area contributed by atoms with Crippen LogP contribution in [-0.4, -0.2) is 11.1 Å². The van der Waals surface area contributed by atoms with Gasteiger partial charge in [-0.2, -0.15) is 0 Å². The van der Waals surface area contributed by atoms with Crippen LogP contribution in [0, 0.1) is 5.92 Å². The molecule has 0 spiro atoms. The Bertz CT molecular complexity index is 515. The predicted molar refractivity (Wildman–Crippen MR) is 71.6 cm³/mol. The van der Waals surface area contributed by atoms with Crippen LogP contribution in [0.3, 0.4) is 0 Å². The third-order valence-corrected chi connectivity index (χ3v) is 2.96. The zero-order valence-corrected chi connectivity index (χ0v) is 10.3. The molecular weight excluding hydrogens is 224 g/mol. The van der Waals surface area contributed by atoms with Crippen LogP contribution >= 0.6 is 0 Å². The minimum absolute atomic E-state index is 0.322. The van der Waals surface area contributed by atoms with Gasteiger partial charge in [0.25, 0.3) is 0 Å². The number of carboxylic acid groups (broad SMARTS) is 1. The van der Waals surface area contributed by atoms with Crippen molar-refractivity contribution in [1.29, 1.82) is 0 Å². The molecule has 0 aliphatic carbocycles. The average Bonchev–Trinajstić information content (AvgIpc) is 2.41. The lowest BCUT2D eigenvalue weighted by atomic mass is 9.89. The lowest BCUT2D eigenvalue weighted by molar-refractivity contribution is 0.0697. The van der Waals surface area contributed by atoms with Crippen molar-refractivity contribution in [3.8, 4) is 0 Å². The van der Waals surface area contributed by atoms with Gasteiger partial charge in [0.2, 0.25) is 0 Å². The summed E-state index contributed by atoms with van der Waals surface area (Å²) in [6.45, 7) is 2.10. The molecule has 2 heteroatoms. The van der Waals surface area contributed by atoms with Gasteiger partial charge in [0, 0.05) is 5.92 Å². The lowest BCUT2D eigenvalue weighted by Gasteiger charge is -2.15. The van der Waals surface area contributed by atoms with E-state index in [1.54, 1.807) is 12.1 Å². The van der Waals surface area contributed by atoms with Gasteiger partial charge in [-0.15, -0.1) is 0 Å². The quantitative estimate of drug-likeness (QED) is 0.881. The summed E-state index contributed by atoms with van der Waals surface area (Å²) < 4.78 is 0. The summed E-state index contributed by atoms with van der Waals surface area (Å²) in [6.07, 6.45) is 0.913. The summed E-state index contributed by atoms with van der Waals surface area (Å²) >= 11 is 0. The van der Waals surface area contributed by atoms with Crippen molar-refractivity contribution in [3.05, 3.63) is 77.2 Å². The standard InChI is InChI=1S/C16H15O2/c1-2-15(12-6-4-3-5-7-12)13-8-10-14(11-9-13)16(17)18/h3-11H,2H2,1H3,(H,17,18). The molecule has 2 aromatic carbocycles. The fourth-order valence-corrected chi connectivity index (χ4v) is 2.03. The van der Waals surface area contributed by atoms with E-state index < -0.39 is 5.97 Å². The highest BCUT2D eigenvalue weighted by molar-refractivity contribution is 5.87. The summed E-state index contributed by atoms with van der Waals surface area (Å²) in [6, 6.07) is 17.2. The van der Waals surface area contributed by atoms with Crippen LogP contribution in [0.4, 0.5) is 0 Å². The predicted octanol–water partition coefficient (Wildman–Crippen LogP) is 3.77. The molecule has 0 unspecified atom stereocenters. The van der Waals surface area contributed by atoms with Crippen molar-refractivity contribution in [2.75, 3.05) is 0 Å². The second kappa shape index (κ2) is 5.50. The fraction of sp³-hybridized carbons (Fsp3) is 0.125. The first-order chi connectivity index (χ1) is 8.72. The second-order valence-corrected chi connectivity index (χ2v) is 4.08. The fourth-order valence-electron chi connectivity index (χ4n) is 2.03. The van der Waals surface area contributed by atoms with Crippen LogP contribution in [0.2, 0.25) is 0 Å². The van der Waals surface area contributed by atoms with E-state index in [0.29, 0.717) is 5.56 Å². The molecule has 0 aliphatic heterocycles. The van der Waals surface area contributed by atoms with Crippen molar-refractivity contribution in [1.82, 2.24) is 0 Å². The van der Waals surface area contributed by atoms with Crippen LogP contribution < -0.4 is 0 Å². The van der Waals surface area contributed by atoms with Crippen molar-refractivity contribution in [3.63, 3.8) is 0 Å². The van der Waals surface area contributed by atoms with Crippen LogP contribution in [0.5, 0.6) is 0 Å². The van der Waals surface area contributed by atoms with E-state index in [0.717, 1.165) is 12.0 Å². The normalized spacial score (nSPS) is 10.6. The van der Waals surface area contributed by atoms with Crippen molar-refractivity contribution in [2.45, 2.75) is 13.3 Å². The van der Waals surface area contributed by atoms with Gasteiger partial charge in [0.15, 0.2) is 0 Å². The summed E-state index contributed by atoms with van der Waals surface area (Å²) in [7, 11) is 0. The van der Waals surface area contributed by atoms with Gasteiger partial charge >= 0.3 is 5.97 Å². The number of rotatable bonds is 4. The molecule has 1 N–H and O–H groups in total. The molecule has 0 saturated heterocycles. The van der Waals surface area contributed by atoms with E-state index in [9.17, 15) is 4.79 Å². The average molecular weight is 239 g/mol. The second-order valence-electron chi connectivity index (χ2n) is 4.08. The van der Waals surface area contributed by atoms with Gasteiger partial charge in [0.1, 0.15) is 0 Å². The van der Waals surface area contributed by atoms with E-state index in [2.05, 4.69) is 19.1 Å². The van der Waals surface area contributed by atoms with Gasteiger partial charge in [-0.05, 0) is 29.7 Å². The highest BCUT2D eigenvalue weighted by atomic mass is 16.4. The largest absolute Gasteiger partial charge is 0.478 e. The Morgan fingerprint density at radius 3 is 1.89 bits per heavy atom. The molecule has 2 aromatic rings. The molecule has 0 heterocycles. The Hall–Kier alpha value is -2.09. The SMILES string of the molecule is CC[C](c1ccccc1)c1ccc(C(=O)O)cc1. The molecule has 0 aromatic heterocycles. The first-order valence-electron chi connectivity index (χ1n) is 5.97. The maximum atomic E-state index is 10.8. The zero-order valence-electron chi connectivity index (χ0n) is 10.3. The Kier molecular flexibility index (Phi) is 3.78. The Labute approximate surface area is 107 Å². The van der Waals surface area contributed by atoms with Gasteiger partial charge in [-0.1, -0.05) is 49.4 Å². The molecule has 0 atom stereocenters. The number of hydrogen-bond donors (Lipinski definition) is 1. The van der Waals surface area contributed by atoms with Gasteiger partial charge in [-0.25, -0.2) is 4.79 Å². The summed E-state index contributed by atoms with van der Waals surface area (Å²) in [5.41, 5.74) is 2.58. The first kappa shape index (κ1) is 12.4. The third-order valence-electron chi connectivity index (χ3n) is 2.96. The summed E-state index contributed by atoms with van der Waals surface area (Å²) in [4.78, 5) is 10.8. The molecule has 0 bridgehead atoms. The van der Waals surface area contributed by atoms with E-state index >= 15 is 0 Å². The van der Waals surface area contributed by atoms with Crippen LogP contribution in [0.1, 0.15) is 34.8 Å². The van der Waals surface area contributed by atoms with Gasteiger partial charge in [0.05, 0.1) is 5.56 Å². The highest BCUT2D eigenvalue weighted by Crippen LogP contribution is 2.26. The maximum absolute atomic E-state index is 10.8. The van der Waals surface area contributed by atoms with E-state index in [1.807, 2.05) is 30.3 Å². The number of aromatic carboxylic acids is 1. The van der Waals surface area contributed by atoms with Crippen LogP contribution in [0.15, 0.2) is 54.6 Å². The maximum Gasteiger partial charge on any atom is 0.335 e.